The molecule has 1 aromatic rings. The van der Waals surface area contributed by atoms with Crippen LogP contribution in [0.3, 0.4) is 0 Å². The van der Waals surface area contributed by atoms with Crippen LogP contribution in [0.1, 0.15) is 18.4 Å². The summed E-state index contributed by atoms with van der Waals surface area (Å²) in [6.45, 7) is 0.358. The summed E-state index contributed by atoms with van der Waals surface area (Å²) in [5.74, 6) is 0.909. The average molecular weight is 271 g/mol. The molecule has 0 aliphatic rings. The Balaban J connectivity index is 3.26. The summed E-state index contributed by atoms with van der Waals surface area (Å²) in [4.78, 5) is 0. The molecule has 0 heterocycles. The molecular weight excluding hydrogens is 249 g/mol. The first-order valence-electron chi connectivity index (χ1n) is 6.22. The van der Waals surface area contributed by atoms with Crippen LogP contribution < -0.4 is 15.2 Å². The Kier molecular flexibility index (Phi) is 6.05. The van der Waals surface area contributed by atoms with Crippen LogP contribution >= 0.6 is 0 Å². The Hall–Kier alpha value is -1.33. The second-order valence-corrected chi connectivity index (χ2v) is 4.33. The van der Waals surface area contributed by atoms with Gasteiger partial charge in [0, 0.05) is 7.11 Å². The van der Waals surface area contributed by atoms with E-state index in [2.05, 4.69) is 0 Å². The van der Waals surface area contributed by atoms with Gasteiger partial charge in [0.05, 0.1) is 26.4 Å². The number of methoxy groups -OCH3 is 3. The first-order chi connectivity index (χ1) is 9.12. The van der Waals surface area contributed by atoms with Crippen LogP contribution in [0.15, 0.2) is 18.2 Å². The van der Waals surface area contributed by atoms with E-state index in [-0.39, 0.29) is 13.0 Å². The van der Waals surface area contributed by atoms with E-state index < -0.39 is 5.67 Å². The van der Waals surface area contributed by atoms with Crippen molar-refractivity contribution in [3.8, 4) is 11.5 Å². The topological polar surface area (TPSA) is 53.7 Å². The number of benzene rings is 1. The van der Waals surface area contributed by atoms with Crippen LogP contribution in [0.5, 0.6) is 11.5 Å². The number of ether oxygens (including phenoxy) is 3. The predicted octanol–water partition coefficient (Wildman–Crippen LogP) is 2.25. The fourth-order valence-electron chi connectivity index (χ4n) is 2.17. The molecule has 0 aliphatic heterocycles. The maximum absolute atomic E-state index is 15.3. The first kappa shape index (κ1) is 15.7. The van der Waals surface area contributed by atoms with Gasteiger partial charge in [0.1, 0.15) is 11.5 Å². The molecule has 0 spiro atoms. The molecule has 1 aromatic carbocycles. The van der Waals surface area contributed by atoms with Gasteiger partial charge >= 0.3 is 0 Å². The zero-order valence-corrected chi connectivity index (χ0v) is 11.7. The minimum absolute atomic E-state index is 0.0657. The van der Waals surface area contributed by atoms with Crippen molar-refractivity contribution in [2.45, 2.75) is 18.5 Å². The molecule has 0 bridgehead atoms. The normalized spacial score (nSPS) is 13.9. The standard InChI is InChI=1S/C14H22FNO3/c1-17-10-14(15,8-5-9-16)13-11(18-2)6-4-7-12(13)19-3/h4,6-7H,5,8-10,16H2,1-3H3. The monoisotopic (exact) mass is 271 g/mol. The van der Waals surface area contributed by atoms with Crippen molar-refractivity contribution in [3.05, 3.63) is 23.8 Å². The van der Waals surface area contributed by atoms with Gasteiger partial charge in [0.25, 0.3) is 0 Å². The van der Waals surface area contributed by atoms with Gasteiger partial charge in [-0.25, -0.2) is 4.39 Å². The molecule has 0 aromatic heterocycles. The maximum atomic E-state index is 15.3. The number of hydrogen-bond donors (Lipinski definition) is 1. The predicted molar refractivity (Wildman–Crippen MR) is 72.5 cm³/mol. The van der Waals surface area contributed by atoms with Crippen molar-refractivity contribution in [2.24, 2.45) is 5.73 Å². The highest BCUT2D eigenvalue weighted by molar-refractivity contribution is 5.48. The van der Waals surface area contributed by atoms with E-state index in [1.807, 2.05) is 0 Å². The SMILES string of the molecule is COCC(F)(CCCN)c1c(OC)cccc1OC. The van der Waals surface area contributed by atoms with E-state index in [1.165, 1.54) is 21.3 Å². The van der Waals surface area contributed by atoms with E-state index in [4.69, 9.17) is 19.9 Å². The average Bonchev–Trinajstić information content (AvgIpc) is 2.44. The molecule has 0 saturated heterocycles. The van der Waals surface area contributed by atoms with Crippen LogP contribution in [0, 0.1) is 0 Å². The maximum Gasteiger partial charge on any atom is 0.166 e. The molecule has 5 heteroatoms. The van der Waals surface area contributed by atoms with E-state index in [0.717, 1.165) is 0 Å². The van der Waals surface area contributed by atoms with Gasteiger partial charge in [-0.3, -0.25) is 0 Å². The lowest BCUT2D eigenvalue weighted by atomic mass is 9.90. The summed E-state index contributed by atoms with van der Waals surface area (Å²) in [6.07, 6.45) is 0.815. The second-order valence-electron chi connectivity index (χ2n) is 4.33. The molecule has 0 radical (unpaired) electrons. The minimum Gasteiger partial charge on any atom is -0.496 e. The number of alkyl halides is 1. The van der Waals surface area contributed by atoms with Gasteiger partial charge in [-0.2, -0.15) is 0 Å². The summed E-state index contributed by atoms with van der Waals surface area (Å²) in [5.41, 5.74) is 4.19. The summed E-state index contributed by atoms with van der Waals surface area (Å²) in [7, 11) is 4.49. The second kappa shape index (κ2) is 7.31. The van der Waals surface area contributed by atoms with Crippen molar-refractivity contribution in [1.29, 1.82) is 0 Å². The molecule has 0 fully saturated rings. The quantitative estimate of drug-likeness (QED) is 0.788. The largest absolute Gasteiger partial charge is 0.496 e. The third-order valence-corrected chi connectivity index (χ3v) is 3.03. The fraction of sp³-hybridized carbons (Fsp3) is 0.571. The molecule has 4 nitrogen and oxygen atoms in total. The Bertz CT molecular complexity index is 378. The van der Waals surface area contributed by atoms with Crippen LogP contribution in [0.2, 0.25) is 0 Å². The van der Waals surface area contributed by atoms with Crippen molar-refractivity contribution in [3.63, 3.8) is 0 Å². The molecule has 0 saturated carbocycles. The lowest BCUT2D eigenvalue weighted by Crippen LogP contribution is -2.28. The summed E-state index contributed by atoms with van der Waals surface area (Å²) >= 11 is 0. The lowest BCUT2D eigenvalue weighted by Gasteiger charge is -2.28. The molecule has 1 rings (SSSR count). The molecule has 1 atom stereocenters. The van der Waals surface area contributed by atoms with Crippen molar-refractivity contribution in [2.75, 3.05) is 34.5 Å². The van der Waals surface area contributed by atoms with E-state index in [0.29, 0.717) is 30.0 Å². The van der Waals surface area contributed by atoms with Crippen LogP contribution in [0.4, 0.5) is 4.39 Å². The van der Waals surface area contributed by atoms with Crippen LogP contribution in [-0.2, 0) is 10.4 Å². The van der Waals surface area contributed by atoms with Gasteiger partial charge in [0.2, 0.25) is 0 Å². The van der Waals surface area contributed by atoms with Gasteiger partial charge in [0.15, 0.2) is 5.67 Å². The number of rotatable bonds is 8. The molecule has 1 unspecified atom stereocenters. The summed E-state index contributed by atoms with van der Waals surface area (Å²) in [5, 5.41) is 0. The highest BCUT2D eigenvalue weighted by Gasteiger charge is 2.37. The molecule has 0 amide bonds. The third-order valence-electron chi connectivity index (χ3n) is 3.03. The van der Waals surface area contributed by atoms with Crippen molar-refractivity contribution >= 4 is 0 Å². The van der Waals surface area contributed by atoms with Gasteiger partial charge in [-0.15, -0.1) is 0 Å². The smallest absolute Gasteiger partial charge is 0.166 e. The van der Waals surface area contributed by atoms with Gasteiger partial charge in [-0.1, -0.05) is 6.07 Å². The first-order valence-corrected chi connectivity index (χ1v) is 6.22. The molecule has 0 aliphatic carbocycles. The van der Waals surface area contributed by atoms with Crippen molar-refractivity contribution < 1.29 is 18.6 Å². The molecular formula is C14H22FNO3. The Morgan fingerprint density at radius 3 is 2.16 bits per heavy atom. The van der Waals surface area contributed by atoms with Crippen LogP contribution in [0.25, 0.3) is 0 Å². The highest BCUT2D eigenvalue weighted by Crippen LogP contribution is 2.43. The molecule has 2 N–H and O–H groups in total. The number of hydrogen-bond acceptors (Lipinski definition) is 4. The lowest BCUT2D eigenvalue weighted by molar-refractivity contribution is 0.0268. The zero-order valence-electron chi connectivity index (χ0n) is 11.7. The fourth-order valence-corrected chi connectivity index (χ4v) is 2.17. The minimum atomic E-state index is -1.67. The van der Waals surface area contributed by atoms with E-state index >= 15 is 4.39 Å². The molecule has 108 valence electrons. The highest BCUT2D eigenvalue weighted by atomic mass is 19.1. The van der Waals surface area contributed by atoms with E-state index in [1.54, 1.807) is 18.2 Å². The van der Waals surface area contributed by atoms with E-state index in [9.17, 15) is 0 Å². The number of halogens is 1. The Morgan fingerprint density at radius 1 is 1.16 bits per heavy atom. The Labute approximate surface area is 113 Å². The van der Waals surface area contributed by atoms with Crippen molar-refractivity contribution in [1.82, 2.24) is 0 Å². The summed E-state index contributed by atoms with van der Waals surface area (Å²) in [6, 6.07) is 5.19. The Morgan fingerprint density at radius 2 is 1.74 bits per heavy atom. The number of nitrogens with two attached hydrogens (primary N) is 1. The van der Waals surface area contributed by atoms with Gasteiger partial charge in [-0.05, 0) is 31.5 Å². The van der Waals surface area contributed by atoms with Crippen LogP contribution in [-0.4, -0.2) is 34.5 Å². The molecule has 19 heavy (non-hydrogen) atoms. The zero-order chi connectivity index (χ0) is 14.3. The summed E-state index contributed by atoms with van der Waals surface area (Å²) < 4.78 is 30.8. The third kappa shape index (κ3) is 3.58. The van der Waals surface area contributed by atoms with Gasteiger partial charge < -0.3 is 19.9 Å².